The number of carboxylic acids is 1. The van der Waals surface area contributed by atoms with Crippen molar-refractivity contribution >= 4 is 5.97 Å². The van der Waals surface area contributed by atoms with Gasteiger partial charge in [0.05, 0.1) is 24.9 Å². The smallest absolute Gasteiger partial charge is 0.341 e. The molecule has 3 aromatic rings. The number of ether oxygens (including phenoxy) is 1. The molecule has 1 atom stereocenters. The third-order valence-electron chi connectivity index (χ3n) is 5.57. The van der Waals surface area contributed by atoms with Crippen LogP contribution in [0.25, 0.3) is 22.6 Å². The van der Waals surface area contributed by atoms with E-state index in [-0.39, 0.29) is 28.4 Å². The van der Waals surface area contributed by atoms with Crippen LogP contribution in [0.15, 0.2) is 41.3 Å². The fourth-order valence-electron chi connectivity index (χ4n) is 4.03. The fourth-order valence-corrected chi connectivity index (χ4v) is 4.03. The highest BCUT2D eigenvalue weighted by Crippen LogP contribution is 2.43. The van der Waals surface area contributed by atoms with Gasteiger partial charge in [0, 0.05) is 17.8 Å². The molecule has 2 aromatic heterocycles. The predicted molar refractivity (Wildman–Crippen MR) is 114 cm³/mol. The Morgan fingerprint density at radius 3 is 2.68 bits per heavy atom. The molecule has 0 saturated heterocycles. The van der Waals surface area contributed by atoms with Crippen LogP contribution in [0.2, 0.25) is 0 Å². The topological polar surface area (TPSA) is 86.3 Å². The van der Waals surface area contributed by atoms with E-state index in [0.29, 0.717) is 30.2 Å². The number of fused-ring (bicyclic) bond motifs is 3. The highest BCUT2D eigenvalue weighted by molar-refractivity contribution is 5.87. The van der Waals surface area contributed by atoms with E-state index in [0.717, 1.165) is 0 Å². The van der Waals surface area contributed by atoms with Gasteiger partial charge in [-0.25, -0.2) is 9.18 Å². The number of benzene rings is 1. The van der Waals surface area contributed by atoms with Crippen LogP contribution in [0.3, 0.4) is 0 Å². The molecule has 0 radical (unpaired) electrons. The van der Waals surface area contributed by atoms with Crippen LogP contribution in [-0.2, 0) is 6.54 Å². The van der Waals surface area contributed by atoms with Crippen LogP contribution in [-0.4, -0.2) is 32.0 Å². The number of nitrogens with zero attached hydrogens (tertiary/aromatic N) is 3. The van der Waals surface area contributed by atoms with Crippen molar-refractivity contribution in [3.8, 4) is 28.4 Å². The normalized spacial score (nSPS) is 15.3. The molecule has 8 heteroatoms. The van der Waals surface area contributed by atoms with Crippen LogP contribution >= 0.6 is 0 Å². The Labute approximate surface area is 178 Å². The monoisotopic (exact) mass is 425 g/mol. The summed E-state index contributed by atoms with van der Waals surface area (Å²) in [5.74, 6) is -1.36. The van der Waals surface area contributed by atoms with Gasteiger partial charge >= 0.3 is 5.97 Å². The first-order valence-corrected chi connectivity index (χ1v) is 10.1. The van der Waals surface area contributed by atoms with Crippen molar-refractivity contribution in [2.24, 2.45) is 5.41 Å². The van der Waals surface area contributed by atoms with E-state index < -0.39 is 17.2 Å². The maximum atomic E-state index is 15.7. The van der Waals surface area contributed by atoms with Gasteiger partial charge in [-0.1, -0.05) is 32.9 Å². The molecule has 0 spiro atoms. The lowest BCUT2D eigenvalue weighted by atomic mass is 9.85. The van der Waals surface area contributed by atoms with Gasteiger partial charge in [-0.05, 0) is 24.5 Å². The van der Waals surface area contributed by atoms with E-state index in [1.165, 1.54) is 12.3 Å². The summed E-state index contributed by atoms with van der Waals surface area (Å²) >= 11 is 0. The molecule has 1 aliphatic heterocycles. The first kappa shape index (κ1) is 20.8. The van der Waals surface area contributed by atoms with Crippen LogP contribution in [0, 0.1) is 11.2 Å². The Kier molecular flexibility index (Phi) is 4.95. The molecule has 1 aromatic carbocycles. The zero-order valence-corrected chi connectivity index (χ0v) is 17.8. The number of aromatic nitrogens is 3. The third-order valence-corrected chi connectivity index (χ3v) is 5.57. The number of carbonyl (C=O) groups is 1. The summed E-state index contributed by atoms with van der Waals surface area (Å²) in [6.07, 6.45) is 1.32. The van der Waals surface area contributed by atoms with E-state index in [1.807, 2.05) is 27.7 Å². The van der Waals surface area contributed by atoms with Crippen molar-refractivity contribution < 1.29 is 19.0 Å². The van der Waals surface area contributed by atoms with Crippen LogP contribution < -0.4 is 10.2 Å². The molecule has 7 nitrogen and oxygen atoms in total. The van der Waals surface area contributed by atoms with Crippen molar-refractivity contribution in [1.82, 2.24) is 14.3 Å². The molecular weight excluding hydrogens is 401 g/mol. The molecule has 0 unspecified atom stereocenters. The summed E-state index contributed by atoms with van der Waals surface area (Å²) < 4.78 is 24.7. The van der Waals surface area contributed by atoms with Crippen molar-refractivity contribution in [3.05, 3.63) is 58.1 Å². The van der Waals surface area contributed by atoms with Gasteiger partial charge in [-0.2, -0.15) is 5.10 Å². The molecule has 1 N–H and O–H groups in total. The molecular formula is C23H24FN3O4. The highest BCUT2D eigenvalue weighted by atomic mass is 19.1. The molecule has 0 fully saturated rings. The van der Waals surface area contributed by atoms with Gasteiger partial charge in [-0.3, -0.25) is 9.48 Å². The van der Waals surface area contributed by atoms with E-state index in [2.05, 4.69) is 5.10 Å². The van der Waals surface area contributed by atoms with Gasteiger partial charge in [-0.15, -0.1) is 0 Å². The summed E-state index contributed by atoms with van der Waals surface area (Å²) in [5.41, 5.74) is -0.183. The molecule has 0 bridgehead atoms. The largest absolute Gasteiger partial charge is 0.493 e. The van der Waals surface area contributed by atoms with Gasteiger partial charge in [0.1, 0.15) is 22.7 Å². The Morgan fingerprint density at radius 1 is 1.32 bits per heavy atom. The van der Waals surface area contributed by atoms with Crippen LogP contribution in [0.1, 0.15) is 44.1 Å². The minimum absolute atomic E-state index is 0.134. The molecule has 31 heavy (non-hydrogen) atoms. The first-order chi connectivity index (χ1) is 14.6. The van der Waals surface area contributed by atoms with E-state index in [9.17, 15) is 14.7 Å². The number of rotatable bonds is 4. The highest BCUT2D eigenvalue weighted by Gasteiger charge is 2.37. The molecule has 4 rings (SSSR count). The molecule has 1 aliphatic rings. The lowest BCUT2D eigenvalue weighted by molar-refractivity contribution is 0.0693. The Bertz CT molecular complexity index is 1240. The van der Waals surface area contributed by atoms with Crippen molar-refractivity contribution in [2.45, 2.75) is 40.3 Å². The van der Waals surface area contributed by atoms with Crippen LogP contribution in [0.5, 0.6) is 5.75 Å². The minimum Gasteiger partial charge on any atom is -0.493 e. The summed E-state index contributed by atoms with van der Waals surface area (Å²) in [6, 6.07) is 8.04. The standard InChI is InChI=1S/C23H24FN3O4/c1-5-31-17-9-7-6-8-13(17)20-19(24)21-15-10-16(28)14(22(29)30)11-26(15)18(23(2,3)4)12-27(21)25-20/h6-11,18H,5,12H2,1-4H3,(H,29,30)/t18-/m0/s1. The molecule has 162 valence electrons. The van der Waals surface area contributed by atoms with E-state index >= 15 is 4.39 Å². The molecule has 0 saturated carbocycles. The van der Waals surface area contributed by atoms with Crippen molar-refractivity contribution in [3.63, 3.8) is 0 Å². The number of carboxylic acid groups (broad SMARTS) is 1. The number of hydrogen-bond donors (Lipinski definition) is 1. The number of para-hydroxylation sites is 1. The lowest BCUT2D eigenvalue weighted by Crippen LogP contribution is -2.35. The summed E-state index contributed by atoms with van der Waals surface area (Å²) in [5, 5.41) is 14.0. The first-order valence-electron chi connectivity index (χ1n) is 10.1. The number of pyridine rings is 1. The second-order valence-corrected chi connectivity index (χ2v) is 8.65. The quantitative estimate of drug-likeness (QED) is 0.677. The van der Waals surface area contributed by atoms with Gasteiger partial charge in [0.25, 0.3) is 0 Å². The predicted octanol–water partition coefficient (Wildman–Crippen LogP) is 4.22. The average molecular weight is 425 g/mol. The molecule has 0 amide bonds. The third kappa shape index (κ3) is 3.41. The van der Waals surface area contributed by atoms with Crippen LogP contribution in [0.4, 0.5) is 4.39 Å². The summed E-state index contributed by atoms with van der Waals surface area (Å²) in [6.45, 7) is 8.64. The maximum Gasteiger partial charge on any atom is 0.341 e. The maximum absolute atomic E-state index is 15.7. The van der Waals surface area contributed by atoms with Gasteiger partial charge in [0.2, 0.25) is 0 Å². The summed E-state index contributed by atoms with van der Waals surface area (Å²) in [4.78, 5) is 24.0. The zero-order valence-electron chi connectivity index (χ0n) is 17.8. The second-order valence-electron chi connectivity index (χ2n) is 8.65. The van der Waals surface area contributed by atoms with Crippen molar-refractivity contribution in [2.75, 3.05) is 6.61 Å². The number of halogens is 1. The average Bonchev–Trinajstić information content (AvgIpc) is 3.03. The molecule has 3 heterocycles. The van der Waals surface area contributed by atoms with E-state index in [1.54, 1.807) is 33.5 Å². The minimum atomic E-state index is -1.31. The molecule has 0 aliphatic carbocycles. The Morgan fingerprint density at radius 2 is 2.03 bits per heavy atom. The lowest BCUT2D eigenvalue weighted by Gasteiger charge is -2.38. The van der Waals surface area contributed by atoms with Gasteiger partial charge < -0.3 is 14.4 Å². The fraction of sp³-hybridized carbons (Fsp3) is 0.348. The number of hydrogen-bond acceptors (Lipinski definition) is 4. The summed E-state index contributed by atoms with van der Waals surface area (Å²) in [7, 11) is 0. The zero-order chi connectivity index (χ0) is 22.5. The van der Waals surface area contributed by atoms with Gasteiger partial charge in [0.15, 0.2) is 11.2 Å². The Hall–Kier alpha value is -3.42. The van der Waals surface area contributed by atoms with E-state index in [4.69, 9.17) is 4.74 Å². The Balaban J connectivity index is 1.99. The van der Waals surface area contributed by atoms with Crippen molar-refractivity contribution in [1.29, 1.82) is 0 Å². The SMILES string of the molecule is CCOc1ccccc1-c1nn2c(c1F)-c1cc(=O)c(C(=O)O)cn1[C@H](C(C)(C)C)C2. The number of aromatic carboxylic acids is 1. The second kappa shape index (κ2) is 7.37.